The average molecular weight is 1320 g/mol. The minimum atomic E-state index is -1.62. The summed E-state index contributed by atoms with van der Waals surface area (Å²) < 4.78 is 5.95. The maximum atomic E-state index is 15.4. The minimum absolute atomic E-state index is 0.00734. The Balaban J connectivity index is 4.45. The van der Waals surface area contributed by atoms with E-state index in [4.69, 9.17) is 4.74 Å². The standard InChI is InChI=1S/C64H112BrN11O13/c1-25-45-60(84)70(18)34-50(78)71(19)46(30-35(2)3)57(81)69-51(39(10)11)63(87)72(20)47(31-36(4)5)56(80)66-42(15)55(79)67-43(16)59(83)73(21)48(32-37(6)7)61(85)74(22)49(33-38(8)9)62(86)75(23)52(40(12)13)64(88)76(24)53(58(82)68-45)54(89-44(17)77)41(14)28-26-27-29-65/h26-27,35-43,45-49,51-54H,25,28-34H2,1-24H3,(H,66,80)(H,67,79)(H,68,82)(H,69,81)/b27-26+/t41-,42+,43-,45+,46+,47+,48+,49+,51+,52+,53+,54-/m1/s1. The first-order valence-corrected chi connectivity index (χ1v) is 32.7. The molecule has 1 rings (SSSR count). The molecule has 0 aromatic carbocycles. The second-order valence-electron chi connectivity index (χ2n) is 26.7. The molecule has 0 radical (unpaired) electrons. The van der Waals surface area contributed by atoms with Gasteiger partial charge in [-0.25, -0.2) is 0 Å². The van der Waals surface area contributed by atoms with Crippen LogP contribution in [0, 0.1) is 41.4 Å². The Labute approximate surface area is 539 Å². The number of hydrogen-bond acceptors (Lipinski definition) is 13. The van der Waals surface area contributed by atoms with Gasteiger partial charge in [-0.15, -0.1) is 0 Å². The third-order valence-corrected chi connectivity index (χ3v) is 16.7. The summed E-state index contributed by atoms with van der Waals surface area (Å²) in [5.41, 5.74) is 0. The van der Waals surface area contributed by atoms with Crippen molar-refractivity contribution in [3.63, 3.8) is 0 Å². The minimum Gasteiger partial charge on any atom is -0.459 e. The molecule has 1 aliphatic heterocycles. The lowest BCUT2D eigenvalue weighted by Gasteiger charge is -2.42. The fraction of sp³-hybridized carbons (Fsp3) is 0.781. The number of carbonyl (C=O) groups excluding carboxylic acids is 12. The monoisotopic (exact) mass is 1320 g/mol. The summed E-state index contributed by atoms with van der Waals surface area (Å²) in [5, 5.41) is 11.5. The fourth-order valence-electron chi connectivity index (χ4n) is 11.1. The number of allylic oxidation sites excluding steroid dienone is 2. The summed E-state index contributed by atoms with van der Waals surface area (Å²) in [6.07, 6.45) is 3.15. The van der Waals surface area contributed by atoms with Gasteiger partial charge in [-0.3, -0.25) is 57.5 Å². The second kappa shape index (κ2) is 37.3. The van der Waals surface area contributed by atoms with Crippen molar-refractivity contribution in [3.8, 4) is 0 Å². The summed E-state index contributed by atoms with van der Waals surface area (Å²) >= 11 is 3.38. The maximum absolute atomic E-state index is 15.4. The van der Waals surface area contributed by atoms with E-state index in [0.29, 0.717) is 5.33 Å². The molecule has 1 aliphatic rings. The van der Waals surface area contributed by atoms with E-state index in [0.717, 1.165) is 9.80 Å². The van der Waals surface area contributed by atoms with Crippen molar-refractivity contribution in [1.82, 2.24) is 55.6 Å². The highest BCUT2D eigenvalue weighted by atomic mass is 79.9. The van der Waals surface area contributed by atoms with E-state index in [1.807, 2.05) is 67.5 Å². The Bertz CT molecular complexity index is 2470. The molecule has 0 aliphatic carbocycles. The van der Waals surface area contributed by atoms with Crippen LogP contribution in [0.15, 0.2) is 12.2 Å². The van der Waals surface area contributed by atoms with Crippen LogP contribution in [0.5, 0.6) is 0 Å². The van der Waals surface area contributed by atoms with Gasteiger partial charge in [0.15, 0.2) is 0 Å². The van der Waals surface area contributed by atoms with Crippen molar-refractivity contribution in [2.45, 2.75) is 223 Å². The Morgan fingerprint density at radius 3 is 1.37 bits per heavy atom. The molecular weight excluding hydrogens is 1210 g/mol. The summed E-state index contributed by atoms with van der Waals surface area (Å²) in [6.45, 7) is 28.6. The second-order valence-corrected chi connectivity index (χ2v) is 27.4. The highest BCUT2D eigenvalue weighted by Crippen LogP contribution is 2.27. The number of nitrogens with zero attached hydrogens (tertiary/aromatic N) is 7. The molecule has 89 heavy (non-hydrogen) atoms. The van der Waals surface area contributed by atoms with Crippen LogP contribution in [0.4, 0.5) is 0 Å². The van der Waals surface area contributed by atoms with Crippen LogP contribution in [-0.2, 0) is 62.3 Å². The first-order chi connectivity index (χ1) is 41.1. The lowest BCUT2D eigenvalue weighted by molar-refractivity contribution is -0.164. The van der Waals surface area contributed by atoms with Crippen LogP contribution < -0.4 is 21.3 Å². The van der Waals surface area contributed by atoms with Gasteiger partial charge < -0.3 is 60.3 Å². The fourth-order valence-corrected chi connectivity index (χ4v) is 11.3. The van der Waals surface area contributed by atoms with E-state index >= 15 is 19.2 Å². The Kier molecular flexibility index (Phi) is 33.9. The molecular formula is C64H112BrN11O13. The van der Waals surface area contributed by atoms with Gasteiger partial charge in [0, 0.05) is 61.6 Å². The number of amides is 11. The summed E-state index contributed by atoms with van der Waals surface area (Å²) in [5.74, 6) is -10.7. The van der Waals surface area contributed by atoms with Gasteiger partial charge >= 0.3 is 5.97 Å². The van der Waals surface area contributed by atoms with Gasteiger partial charge in [-0.1, -0.05) is 125 Å². The van der Waals surface area contributed by atoms with Crippen molar-refractivity contribution < 1.29 is 62.3 Å². The number of esters is 1. The topological polar surface area (TPSA) is 285 Å². The predicted molar refractivity (Wildman–Crippen MR) is 346 cm³/mol. The van der Waals surface area contributed by atoms with E-state index in [-0.39, 0.29) is 62.2 Å². The van der Waals surface area contributed by atoms with Crippen LogP contribution >= 0.6 is 15.9 Å². The summed E-state index contributed by atoms with van der Waals surface area (Å²) in [7, 11) is 9.88. The van der Waals surface area contributed by atoms with Crippen molar-refractivity contribution in [2.75, 3.05) is 61.2 Å². The smallest absolute Gasteiger partial charge is 0.303 e. The van der Waals surface area contributed by atoms with Crippen molar-refractivity contribution in [3.05, 3.63) is 12.2 Å². The zero-order valence-electron chi connectivity index (χ0n) is 58.0. The van der Waals surface area contributed by atoms with Gasteiger partial charge in [0.2, 0.25) is 65.0 Å². The molecule has 11 amide bonds. The number of ether oxygens (including phenoxy) is 1. The third kappa shape index (κ3) is 23.6. The number of hydrogen-bond donors (Lipinski definition) is 4. The molecule has 508 valence electrons. The predicted octanol–water partition coefficient (Wildman–Crippen LogP) is 4.21. The number of halogens is 1. The molecule has 12 atom stereocenters. The number of rotatable bonds is 17. The lowest BCUT2D eigenvalue weighted by atomic mass is 9.91. The van der Waals surface area contributed by atoms with E-state index in [2.05, 4.69) is 37.2 Å². The molecule has 0 saturated carbocycles. The van der Waals surface area contributed by atoms with Gasteiger partial charge in [0.25, 0.3) is 0 Å². The van der Waals surface area contributed by atoms with E-state index in [1.54, 1.807) is 41.5 Å². The SMILES string of the molecule is CC[C@@H]1NC(=O)[C@H]([C@H](OC(C)=O)[C@H](C)C/C=C/CBr)N(C)C(=O)[C@H](C(C)C)N(C)C(=O)[C@H](CC(C)C)N(C)C(=O)[C@H](CC(C)C)N(C)C(=O)[C@@H](C)NC(=O)[C@H](C)NC(=O)[C@H](CC(C)C)N(C)C(=O)[C@H](C(C)C)NC(=O)[C@H](CC(C)C)N(C)C(=O)CN(C)C1=O. The summed E-state index contributed by atoms with van der Waals surface area (Å²) in [4.78, 5) is 183. The molecule has 25 heteroatoms. The first-order valence-electron chi connectivity index (χ1n) is 31.5. The molecule has 4 N–H and O–H groups in total. The maximum Gasteiger partial charge on any atom is 0.303 e. The van der Waals surface area contributed by atoms with Crippen molar-refractivity contribution in [1.29, 1.82) is 0 Å². The molecule has 24 nitrogen and oxygen atoms in total. The van der Waals surface area contributed by atoms with Crippen LogP contribution in [0.3, 0.4) is 0 Å². The molecule has 0 aromatic rings. The summed E-state index contributed by atoms with van der Waals surface area (Å²) in [6, 6.07) is -12.5. The third-order valence-electron chi connectivity index (χ3n) is 16.4. The normalized spacial score (nSPS) is 26.1. The number of nitrogens with one attached hydrogen (secondary N) is 4. The van der Waals surface area contributed by atoms with E-state index < -0.39 is 162 Å². The van der Waals surface area contributed by atoms with Crippen molar-refractivity contribution >= 4 is 86.9 Å². The zero-order chi connectivity index (χ0) is 69.0. The van der Waals surface area contributed by atoms with Crippen LogP contribution in [0.1, 0.15) is 156 Å². The molecule has 1 heterocycles. The number of likely N-dealkylation sites (N-methyl/N-ethyl adjacent to an activating group) is 7. The van der Waals surface area contributed by atoms with Gasteiger partial charge in [-0.05, 0) is 93.8 Å². The Morgan fingerprint density at radius 2 is 0.921 bits per heavy atom. The molecule has 0 spiro atoms. The highest BCUT2D eigenvalue weighted by molar-refractivity contribution is 9.09. The molecule has 1 saturated heterocycles. The van der Waals surface area contributed by atoms with Crippen LogP contribution in [0.2, 0.25) is 0 Å². The van der Waals surface area contributed by atoms with E-state index in [1.165, 1.54) is 94.6 Å². The van der Waals surface area contributed by atoms with Gasteiger partial charge in [-0.2, -0.15) is 0 Å². The van der Waals surface area contributed by atoms with Gasteiger partial charge in [0.05, 0.1) is 6.54 Å². The van der Waals surface area contributed by atoms with Crippen LogP contribution in [0.25, 0.3) is 0 Å². The zero-order valence-corrected chi connectivity index (χ0v) is 59.6. The highest BCUT2D eigenvalue weighted by Gasteiger charge is 2.47. The van der Waals surface area contributed by atoms with E-state index in [9.17, 15) is 38.4 Å². The van der Waals surface area contributed by atoms with Crippen LogP contribution in [-0.4, -0.2) is 233 Å². The Hall–Kier alpha value is -6.14. The quantitative estimate of drug-likeness (QED) is 0.0903. The first kappa shape index (κ1) is 80.9. The average Bonchev–Trinajstić information content (AvgIpc) is 0.955. The molecule has 0 aromatic heterocycles. The van der Waals surface area contributed by atoms with Crippen molar-refractivity contribution in [2.24, 2.45) is 41.4 Å². The lowest BCUT2D eigenvalue weighted by Crippen LogP contribution is -2.64. The molecule has 0 unspecified atom stereocenters. The Morgan fingerprint density at radius 1 is 0.494 bits per heavy atom. The number of carbonyl (C=O) groups is 12. The molecule has 1 fully saturated rings. The number of alkyl halides is 1. The molecule has 0 bridgehead atoms. The van der Waals surface area contributed by atoms with Gasteiger partial charge in [0.1, 0.15) is 66.5 Å². The largest absolute Gasteiger partial charge is 0.459 e.